The van der Waals surface area contributed by atoms with Crippen LogP contribution in [-0.2, 0) is 4.79 Å². The Labute approximate surface area is 98.4 Å². The lowest BCUT2D eigenvalue weighted by Crippen LogP contribution is -2.43. The number of carbonyl (C=O) groups excluding carboxylic acids is 1. The lowest BCUT2D eigenvalue weighted by atomic mass is 9.80. The van der Waals surface area contributed by atoms with Gasteiger partial charge in [0.1, 0.15) is 0 Å². The van der Waals surface area contributed by atoms with Crippen LogP contribution < -0.4 is 10.6 Å². The van der Waals surface area contributed by atoms with Crippen molar-refractivity contribution in [3.8, 4) is 0 Å². The highest BCUT2D eigenvalue weighted by atomic mass is 16.2. The van der Waals surface area contributed by atoms with Crippen LogP contribution in [0.15, 0.2) is 0 Å². The van der Waals surface area contributed by atoms with Gasteiger partial charge in [0.15, 0.2) is 0 Å². The molecule has 1 heterocycles. The van der Waals surface area contributed by atoms with E-state index in [1.54, 1.807) is 0 Å². The normalized spacial score (nSPS) is 34.9. The molecule has 1 aliphatic carbocycles. The Bertz CT molecular complexity index is 236. The van der Waals surface area contributed by atoms with Crippen LogP contribution in [0.4, 0.5) is 0 Å². The molecule has 2 rings (SSSR count). The van der Waals surface area contributed by atoms with Crippen molar-refractivity contribution >= 4 is 5.91 Å². The summed E-state index contributed by atoms with van der Waals surface area (Å²) >= 11 is 0. The van der Waals surface area contributed by atoms with Gasteiger partial charge in [0.2, 0.25) is 5.91 Å². The average Bonchev–Trinajstić information content (AvgIpc) is 2.81. The van der Waals surface area contributed by atoms with Gasteiger partial charge in [0.05, 0.1) is 6.04 Å². The van der Waals surface area contributed by atoms with Gasteiger partial charge in [0, 0.05) is 6.54 Å². The molecule has 92 valence electrons. The van der Waals surface area contributed by atoms with Crippen LogP contribution in [0.5, 0.6) is 0 Å². The molecule has 0 bridgehead atoms. The Morgan fingerprint density at radius 3 is 2.75 bits per heavy atom. The van der Waals surface area contributed by atoms with Crippen molar-refractivity contribution in [2.45, 2.75) is 51.5 Å². The van der Waals surface area contributed by atoms with E-state index >= 15 is 0 Å². The molecule has 2 fully saturated rings. The largest absolute Gasteiger partial charge is 0.354 e. The molecule has 2 N–H and O–H groups in total. The van der Waals surface area contributed by atoms with E-state index in [1.807, 2.05) is 0 Å². The third-order valence-electron chi connectivity index (χ3n) is 4.20. The summed E-state index contributed by atoms with van der Waals surface area (Å²) in [5, 5.41) is 6.37. The Kier molecular flexibility index (Phi) is 4.22. The second-order valence-corrected chi connectivity index (χ2v) is 5.42. The Morgan fingerprint density at radius 1 is 1.25 bits per heavy atom. The Balaban J connectivity index is 1.71. The van der Waals surface area contributed by atoms with Crippen LogP contribution in [0.25, 0.3) is 0 Å². The highest BCUT2D eigenvalue weighted by Gasteiger charge is 2.25. The molecule has 0 spiro atoms. The second kappa shape index (κ2) is 5.67. The molecule has 0 aromatic heterocycles. The summed E-state index contributed by atoms with van der Waals surface area (Å²) in [6.07, 6.45) is 7.48. The SMILES string of the molecule is CC1CCCCC1CNC(=O)[C@@H]1CCCN1. The molecule has 1 amide bonds. The van der Waals surface area contributed by atoms with E-state index in [0.717, 1.165) is 31.8 Å². The molecule has 3 atom stereocenters. The molecule has 2 unspecified atom stereocenters. The lowest BCUT2D eigenvalue weighted by Gasteiger charge is -2.29. The molecular formula is C13H24N2O. The zero-order valence-corrected chi connectivity index (χ0v) is 10.3. The lowest BCUT2D eigenvalue weighted by molar-refractivity contribution is -0.123. The molecule has 1 aliphatic heterocycles. The second-order valence-electron chi connectivity index (χ2n) is 5.42. The van der Waals surface area contributed by atoms with Gasteiger partial charge in [-0.1, -0.05) is 26.2 Å². The number of hydrogen-bond donors (Lipinski definition) is 2. The van der Waals surface area contributed by atoms with E-state index in [9.17, 15) is 4.79 Å². The van der Waals surface area contributed by atoms with Crippen LogP contribution in [-0.4, -0.2) is 25.0 Å². The van der Waals surface area contributed by atoms with Gasteiger partial charge < -0.3 is 10.6 Å². The van der Waals surface area contributed by atoms with Crippen molar-refractivity contribution in [3.63, 3.8) is 0 Å². The van der Waals surface area contributed by atoms with Gasteiger partial charge >= 0.3 is 0 Å². The molecule has 3 nitrogen and oxygen atoms in total. The zero-order valence-electron chi connectivity index (χ0n) is 10.3. The van der Waals surface area contributed by atoms with Gasteiger partial charge in [-0.2, -0.15) is 0 Å². The highest BCUT2D eigenvalue weighted by molar-refractivity contribution is 5.81. The minimum atomic E-state index is 0.0823. The van der Waals surface area contributed by atoms with E-state index in [1.165, 1.54) is 25.7 Å². The highest BCUT2D eigenvalue weighted by Crippen LogP contribution is 2.28. The molecule has 0 aromatic rings. The maximum absolute atomic E-state index is 11.8. The van der Waals surface area contributed by atoms with Gasteiger partial charge in [0.25, 0.3) is 0 Å². The summed E-state index contributed by atoms with van der Waals surface area (Å²) in [5.74, 6) is 1.71. The fraction of sp³-hybridized carbons (Fsp3) is 0.923. The van der Waals surface area contributed by atoms with Gasteiger partial charge in [-0.25, -0.2) is 0 Å². The summed E-state index contributed by atoms with van der Waals surface area (Å²) < 4.78 is 0. The molecule has 0 aromatic carbocycles. The van der Waals surface area contributed by atoms with Crippen molar-refractivity contribution < 1.29 is 4.79 Å². The summed E-state index contributed by atoms with van der Waals surface area (Å²) in [4.78, 5) is 11.8. The summed E-state index contributed by atoms with van der Waals surface area (Å²) in [7, 11) is 0. The first kappa shape index (κ1) is 11.9. The Morgan fingerprint density at radius 2 is 2.06 bits per heavy atom. The third-order valence-corrected chi connectivity index (χ3v) is 4.20. The van der Waals surface area contributed by atoms with Crippen LogP contribution in [0.2, 0.25) is 0 Å². The standard InChI is InChI=1S/C13H24N2O/c1-10-5-2-3-6-11(10)9-15-13(16)12-7-4-8-14-12/h10-12,14H,2-9H2,1H3,(H,15,16)/t10?,11?,12-/m0/s1. The maximum atomic E-state index is 11.8. The van der Waals surface area contributed by atoms with Crippen LogP contribution in [0, 0.1) is 11.8 Å². The van der Waals surface area contributed by atoms with E-state index in [-0.39, 0.29) is 11.9 Å². The zero-order chi connectivity index (χ0) is 11.4. The minimum Gasteiger partial charge on any atom is -0.354 e. The molecule has 1 saturated heterocycles. The predicted octanol–water partition coefficient (Wildman–Crippen LogP) is 1.68. The van der Waals surface area contributed by atoms with Gasteiger partial charge in [-0.3, -0.25) is 4.79 Å². The van der Waals surface area contributed by atoms with Crippen molar-refractivity contribution in [3.05, 3.63) is 0 Å². The minimum absolute atomic E-state index is 0.0823. The van der Waals surface area contributed by atoms with Gasteiger partial charge in [-0.15, -0.1) is 0 Å². The number of rotatable bonds is 3. The van der Waals surface area contributed by atoms with Crippen molar-refractivity contribution in [1.29, 1.82) is 0 Å². The molecule has 16 heavy (non-hydrogen) atoms. The topological polar surface area (TPSA) is 41.1 Å². The first-order chi connectivity index (χ1) is 7.77. The smallest absolute Gasteiger partial charge is 0.237 e. The summed E-state index contributed by atoms with van der Waals surface area (Å²) in [6.45, 7) is 4.21. The monoisotopic (exact) mass is 224 g/mol. The summed E-state index contributed by atoms with van der Waals surface area (Å²) in [5.41, 5.74) is 0. The van der Waals surface area contributed by atoms with E-state index < -0.39 is 0 Å². The number of hydrogen-bond acceptors (Lipinski definition) is 2. The van der Waals surface area contributed by atoms with Crippen molar-refractivity contribution in [2.24, 2.45) is 11.8 Å². The average molecular weight is 224 g/mol. The van der Waals surface area contributed by atoms with E-state index in [4.69, 9.17) is 0 Å². The molecular weight excluding hydrogens is 200 g/mol. The number of carbonyl (C=O) groups is 1. The quantitative estimate of drug-likeness (QED) is 0.766. The van der Waals surface area contributed by atoms with E-state index in [2.05, 4.69) is 17.6 Å². The van der Waals surface area contributed by atoms with Crippen molar-refractivity contribution in [2.75, 3.05) is 13.1 Å². The summed E-state index contributed by atoms with van der Waals surface area (Å²) in [6, 6.07) is 0.0823. The molecule has 3 heteroatoms. The fourth-order valence-electron chi connectivity index (χ4n) is 2.96. The maximum Gasteiger partial charge on any atom is 0.237 e. The number of nitrogens with one attached hydrogen (secondary N) is 2. The van der Waals surface area contributed by atoms with Crippen LogP contribution in [0.3, 0.4) is 0 Å². The first-order valence-electron chi connectivity index (χ1n) is 6.78. The molecule has 2 aliphatic rings. The molecule has 0 radical (unpaired) electrons. The van der Waals surface area contributed by atoms with Crippen LogP contribution >= 0.6 is 0 Å². The predicted molar refractivity (Wildman–Crippen MR) is 65.2 cm³/mol. The third kappa shape index (κ3) is 2.97. The Hall–Kier alpha value is -0.570. The first-order valence-corrected chi connectivity index (χ1v) is 6.78. The fourth-order valence-corrected chi connectivity index (χ4v) is 2.96. The van der Waals surface area contributed by atoms with Gasteiger partial charge in [-0.05, 0) is 37.6 Å². The molecule has 1 saturated carbocycles. The van der Waals surface area contributed by atoms with Crippen molar-refractivity contribution in [1.82, 2.24) is 10.6 Å². The van der Waals surface area contributed by atoms with E-state index in [0.29, 0.717) is 5.92 Å². The number of amides is 1. The van der Waals surface area contributed by atoms with Crippen LogP contribution in [0.1, 0.15) is 45.4 Å².